The number of hydrogen-bond donors (Lipinski definition) is 0. The molecule has 5 saturated carbocycles. The summed E-state index contributed by atoms with van der Waals surface area (Å²) in [6.45, 7) is 4.81. The van der Waals surface area contributed by atoms with Crippen molar-refractivity contribution in [3.63, 3.8) is 0 Å². The van der Waals surface area contributed by atoms with Gasteiger partial charge in [0, 0.05) is 27.6 Å². The van der Waals surface area contributed by atoms with E-state index in [4.69, 9.17) is 0 Å². The first-order chi connectivity index (χ1) is 32.0. The van der Waals surface area contributed by atoms with Crippen molar-refractivity contribution in [3.05, 3.63) is 198 Å². The van der Waals surface area contributed by atoms with Crippen LogP contribution in [0.3, 0.4) is 0 Å². The van der Waals surface area contributed by atoms with Crippen molar-refractivity contribution in [3.8, 4) is 44.5 Å². The highest BCUT2D eigenvalue weighted by atomic mass is 15.1. The van der Waals surface area contributed by atoms with E-state index in [1.165, 1.54) is 140 Å². The van der Waals surface area contributed by atoms with Gasteiger partial charge >= 0.3 is 0 Å². The largest absolute Gasteiger partial charge is 0.309 e. The van der Waals surface area contributed by atoms with Crippen LogP contribution in [-0.4, -0.2) is 0 Å². The fourth-order valence-corrected chi connectivity index (χ4v) is 16.6. The number of anilines is 3. The second kappa shape index (κ2) is 13.0. The van der Waals surface area contributed by atoms with Crippen LogP contribution < -0.4 is 4.90 Å². The molecule has 0 heterocycles. The van der Waals surface area contributed by atoms with E-state index in [0.29, 0.717) is 11.3 Å². The summed E-state index contributed by atoms with van der Waals surface area (Å²) in [5, 5.41) is 2.78. The maximum absolute atomic E-state index is 2.69. The lowest BCUT2D eigenvalue weighted by Crippen LogP contribution is -2.88. The second-order valence-electron chi connectivity index (χ2n) is 21.7. The van der Waals surface area contributed by atoms with Crippen molar-refractivity contribution in [1.29, 1.82) is 0 Å². The molecule has 0 saturated heterocycles. The molecule has 4 atom stereocenters. The molecule has 7 aliphatic rings. The number of hydrogen-bond acceptors (Lipinski definition) is 1. The van der Waals surface area contributed by atoms with Crippen molar-refractivity contribution < 1.29 is 0 Å². The molecule has 0 aliphatic heterocycles. The van der Waals surface area contributed by atoms with E-state index < -0.39 is 0 Å². The maximum atomic E-state index is 2.69. The highest BCUT2D eigenvalue weighted by Crippen LogP contribution is 2.95. The number of benzene rings is 8. The first-order valence-corrected chi connectivity index (χ1v) is 25.0. The lowest BCUT2D eigenvalue weighted by Gasteiger charge is -2.92. The average Bonchev–Trinajstić information content (AvgIpc) is 3.76. The summed E-state index contributed by atoms with van der Waals surface area (Å²) in [4.78, 5) is 2.68. The number of para-hydroxylation sites is 2. The molecule has 8 aromatic carbocycles. The van der Waals surface area contributed by atoms with Crippen LogP contribution in [-0.2, 0) is 10.8 Å². The standard InChI is InChI=1S/C64H55N/c1-62(2)52-28-10-7-24-51(52)61-50(27-16-30-54(61)62)48-23-9-13-32-57(48)65(56-31-12-8-22-47(56)49-26-15-20-40-19-14-25-44(60(40)49)39-17-4-3-5-18-39)43-33-34-46-45-21-6-11-29-53(45)64(55(46)38-43)58-36-41-35-42-37-59(64)63(41,42)58/h6-16,19-34,38-39,41-42,58-59H,3-5,17-18,35-37H2,1-2H3. The van der Waals surface area contributed by atoms with Crippen molar-refractivity contribution in [2.75, 3.05) is 4.90 Å². The molecule has 4 unspecified atom stereocenters. The smallest absolute Gasteiger partial charge is 0.0540 e. The van der Waals surface area contributed by atoms with Gasteiger partial charge < -0.3 is 4.90 Å². The van der Waals surface area contributed by atoms with Crippen LogP contribution in [0.15, 0.2) is 170 Å². The zero-order chi connectivity index (χ0) is 42.8. The van der Waals surface area contributed by atoms with Crippen LogP contribution in [0.5, 0.6) is 0 Å². The summed E-state index contributed by atoms with van der Waals surface area (Å²) in [5.41, 5.74) is 22.9. The Morgan fingerprint density at radius 1 is 0.446 bits per heavy atom. The lowest BCUT2D eigenvalue weighted by molar-refractivity contribution is -0.412. The highest BCUT2D eigenvalue weighted by molar-refractivity contribution is 6.05. The van der Waals surface area contributed by atoms with Gasteiger partial charge in [0.2, 0.25) is 0 Å². The zero-order valence-electron chi connectivity index (χ0n) is 37.7. The molecule has 1 heteroatoms. The van der Waals surface area contributed by atoms with Crippen LogP contribution in [0.4, 0.5) is 17.1 Å². The van der Waals surface area contributed by atoms with Gasteiger partial charge in [-0.15, -0.1) is 0 Å². The number of fused-ring (bicyclic) bond motifs is 11. The van der Waals surface area contributed by atoms with E-state index in [1.54, 1.807) is 11.1 Å². The van der Waals surface area contributed by atoms with Gasteiger partial charge in [-0.1, -0.05) is 179 Å². The van der Waals surface area contributed by atoms with Crippen LogP contribution in [0.25, 0.3) is 55.3 Å². The topological polar surface area (TPSA) is 3.24 Å². The molecule has 15 rings (SSSR count). The summed E-state index contributed by atoms with van der Waals surface area (Å²) < 4.78 is 0. The van der Waals surface area contributed by atoms with Crippen LogP contribution >= 0.6 is 0 Å². The normalized spacial score (nSPS) is 26.6. The van der Waals surface area contributed by atoms with E-state index >= 15 is 0 Å². The molecule has 65 heavy (non-hydrogen) atoms. The molecule has 8 aromatic rings. The highest BCUT2D eigenvalue weighted by Gasteiger charge is 2.90. The third-order valence-electron chi connectivity index (χ3n) is 19.2. The Bertz CT molecular complexity index is 3290. The Balaban J connectivity index is 0.988. The van der Waals surface area contributed by atoms with Crippen LogP contribution in [0.2, 0.25) is 0 Å². The Labute approximate surface area is 384 Å². The van der Waals surface area contributed by atoms with E-state index in [-0.39, 0.29) is 10.8 Å². The van der Waals surface area contributed by atoms with Gasteiger partial charge in [0.1, 0.15) is 0 Å². The van der Waals surface area contributed by atoms with E-state index in [9.17, 15) is 0 Å². The van der Waals surface area contributed by atoms with Crippen molar-refractivity contribution in [2.24, 2.45) is 29.1 Å². The SMILES string of the molecule is CC1(C)c2ccccc2-c2c(-c3ccccc3N(c3ccc4c(c3)C3(c5ccccc5-4)C4CC5CC6CC3C564)c3ccccc3-c3cccc4cccc(C5CCCCC5)c34)cccc21. The Morgan fingerprint density at radius 2 is 1.02 bits per heavy atom. The molecule has 0 bridgehead atoms. The zero-order valence-corrected chi connectivity index (χ0v) is 37.7. The molecule has 0 radical (unpaired) electrons. The minimum absolute atomic E-state index is 0.0848. The summed E-state index contributed by atoms with van der Waals surface area (Å²) in [6.07, 6.45) is 10.9. The van der Waals surface area contributed by atoms with Gasteiger partial charge in [0.05, 0.1) is 11.4 Å². The van der Waals surface area contributed by atoms with Crippen LogP contribution in [0, 0.1) is 29.1 Å². The molecule has 316 valence electrons. The third-order valence-corrected chi connectivity index (χ3v) is 19.2. The summed E-state index contributed by atoms with van der Waals surface area (Å²) in [6, 6.07) is 66.3. The predicted octanol–water partition coefficient (Wildman–Crippen LogP) is 16.9. The van der Waals surface area contributed by atoms with Gasteiger partial charge in [-0.2, -0.15) is 0 Å². The Kier molecular flexibility index (Phi) is 7.42. The minimum Gasteiger partial charge on any atom is -0.309 e. The van der Waals surface area contributed by atoms with Crippen molar-refractivity contribution in [1.82, 2.24) is 0 Å². The van der Waals surface area contributed by atoms with Crippen molar-refractivity contribution in [2.45, 2.75) is 82.0 Å². The monoisotopic (exact) mass is 837 g/mol. The van der Waals surface area contributed by atoms with Crippen LogP contribution in [0.1, 0.15) is 98.9 Å². The molecule has 7 aliphatic carbocycles. The summed E-state index contributed by atoms with van der Waals surface area (Å²) in [5.74, 6) is 4.08. The fourth-order valence-electron chi connectivity index (χ4n) is 16.6. The van der Waals surface area contributed by atoms with Gasteiger partial charge in [-0.25, -0.2) is 0 Å². The second-order valence-corrected chi connectivity index (χ2v) is 21.7. The quantitative estimate of drug-likeness (QED) is 0.161. The first-order valence-electron chi connectivity index (χ1n) is 25.0. The molecule has 5 fully saturated rings. The third kappa shape index (κ3) is 4.47. The first kappa shape index (κ1) is 37.1. The molecule has 1 nitrogen and oxygen atoms in total. The summed E-state index contributed by atoms with van der Waals surface area (Å²) in [7, 11) is 0. The maximum Gasteiger partial charge on any atom is 0.0540 e. The molecular weight excluding hydrogens is 783 g/mol. The number of rotatable bonds is 6. The molecule has 0 N–H and O–H groups in total. The Morgan fingerprint density at radius 3 is 1.75 bits per heavy atom. The van der Waals surface area contributed by atoms with Gasteiger partial charge in [0.15, 0.2) is 0 Å². The Hall–Kier alpha value is -6.18. The van der Waals surface area contributed by atoms with Gasteiger partial charge in [-0.05, 0) is 163 Å². The van der Waals surface area contributed by atoms with E-state index in [0.717, 1.165) is 23.7 Å². The van der Waals surface area contributed by atoms with E-state index in [2.05, 4.69) is 189 Å². The van der Waals surface area contributed by atoms with E-state index in [1.807, 2.05) is 0 Å². The predicted molar refractivity (Wildman–Crippen MR) is 269 cm³/mol. The van der Waals surface area contributed by atoms with Gasteiger partial charge in [0.25, 0.3) is 0 Å². The molecule has 0 aromatic heterocycles. The number of nitrogens with zero attached hydrogens (tertiary/aromatic N) is 1. The van der Waals surface area contributed by atoms with Gasteiger partial charge in [-0.3, -0.25) is 0 Å². The van der Waals surface area contributed by atoms with Crippen molar-refractivity contribution >= 4 is 27.8 Å². The fraction of sp³-hybridized carbons (Fsp3) is 0.281. The lowest BCUT2D eigenvalue weighted by atomic mass is 9.11. The summed E-state index contributed by atoms with van der Waals surface area (Å²) >= 11 is 0. The average molecular weight is 838 g/mol. The minimum atomic E-state index is -0.0848. The molecular formula is C64H55N. The molecule has 0 amide bonds. The molecule has 2 spiro atoms.